The summed E-state index contributed by atoms with van der Waals surface area (Å²) < 4.78 is 0. The van der Waals surface area contributed by atoms with E-state index in [1.54, 1.807) is 11.3 Å². The van der Waals surface area contributed by atoms with Gasteiger partial charge >= 0.3 is 0 Å². The summed E-state index contributed by atoms with van der Waals surface area (Å²) in [5.41, 5.74) is 1.26. The monoisotopic (exact) mass is 281 g/mol. The zero-order valence-electron chi connectivity index (χ0n) is 12.3. The molecule has 1 fully saturated rings. The molecule has 0 aromatic carbocycles. The smallest absolute Gasteiger partial charge is 0.107 e. The lowest BCUT2D eigenvalue weighted by Crippen LogP contribution is -2.26. The van der Waals surface area contributed by atoms with Gasteiger partial charge in [-0.15, -0.1) is 11.3 Å². The number of thiazole rings is 1. The molecule has 2 rings (SSSR count). The maximum atomic E-state index is 4.75. The Morgan fingerprint density at radius 2 is 2.21 bits per heavy atom. The van der Waals surface area contributed by atoms with Gasteiger partial charge in [0.2, 0.25) is 0 Å². The molecule has 1 aromatic heterocycles. The van der Waals surface area contributed by atoms with E-state index in [1.165, 1.54) is 49.5 Å². The summed E-state index contributed by atoms with van der Waals surface area (Å²) in [6, 6.07) is 0. The highest BCUT2D eigenvalue weighted by atomic mass is 32.1. The van der Waals surface area contributed by atoms with Crippen molar-refractivity contribution in [2.24, 2.45) is 5.92 Å². The molecule has 1 aliphatic rings. The molecule has 1 N–H and O–H groups in total. The van der Waals surface area contributed by atoms with Crippen LogP contribution in [-0.2, 0) is 13.1 Å². The molecule has 4 heteroatoms. The third-order valence-electron chi connectivity index (χ3n) is 3.44. The fourth-order valence-electron chi connectivity index (χ4n) is 2.32. The number of nitrogens with one attached hydrogen (secondary N) is 1. The van der Waals surface area contributed by atoms with Gasteiger partial charge in [0.1, 0.15) is 5.01 Å². The molecule has 0 saturated heterocycles. The van der Waals surface area contributed by atoms with E-state index < -0.39 is 0 Å². The maximum Gasteiger partial charge on any atom is 0.107 e. The second-order valence-corrected chi connectivity index (χ2v) is 6.53. The van der Waals surface area contributed by atoms with E-state index >= 15 is 0 Å². The summed E-state index contributed by atoms with van der Waals surface area (Å²) in [6.45, 7) is 9.98. The molecule has 0 unspecified atom stereocenters. The molecule has 19 heavy (non-hydrogen) atoms. The minimum Gasteiger partial charge on any atom is -0.310 e. The van der Waals surface area contributed by atoms with Crippen LogP contribution in [0, 0.1) is 5.92 Å². The summed E-state index contributed by atoms with van der Waals surface area (Å²) in [7, 11) is 0. The Morgan fingerprint density at radius 3 is 2.89 bits per heavy atom. The molecule has 0 radical (unpaired) electrons. The van der Waals surface area contributed by atoms with Crippen LogP contribution in [0.4, 0.5) is 0 Å². The first kappa shape index (κ1) is 14.9. The van der Waals surface area contributed by atoms with E-state index in [-0.39, 0.29) is 0 Å². The third-order valence-corrected chi connectivity index (χ3v) is 4.34. The molecule has 3 nitrogen and oxygen atoms in total. The van der Waals surface area contributed by atoms with E-state index in [4.69, 9.17) is 4.98 Å². The molecule has 108 valence electrons. The molecule has 1 aliphatic carbocycles. The Morgan fingerprint density at radius 1 is 1.37 bits per heavy atom. The molecule has 0 aliphatic heterocycles. The first-order valence-corrected chi connectivity index (χ1v) is 8.56. The van der Waals surface area contributed by atoms with Gasteiger partial charge in [0, 0.05) is 25.0 Å². The normalized spacial score (nSPS) is 15.3. The highest BCUT2D eigenvalue weighted by molar-refractivity contribution is 7.09. The van der Waals surface area contributed by atoms with Gasteiger partial charge < -0.3 is 5.32 Å². The zero-order chi connectivity index (χ0) is 13.5. The molecular weight excluding hydrogens is 254 g/mol. The Kier molecular flexibility index (Phi) is 6.28. The van der Waals surface area contributed by atoms with E-state index in [9.17, 15) is 0 Å². The lowest BCUT2D eigenvalue weighted by Gasteiger charge is -2.20. The average Bonchev–Trinajstić information content (AvgIpc) is 3.09. The Labute approximate surface area is 121 Å². The molecule has 1 heterocycles. The van der Waals surface area contributed by atoms with Crippen molar-refractivity contribution in [3.8, 4) is 0 Å². The quantitative estimate of drug-likeness (QED) is 0.667. The molecule has 0 atom stereocenters. The van der Waals surface area contributed by atoms with Crippen LogP contribution in [0.3, 0.4) is 0 Å². The third kappa shape index (κ3) is 5.59. The highest BCUT2D eigenvalue weighted by Gasteiger charge is 2.24. The Hall–Kier alpha value is -0.450. The van der Waals surface area contributed by atoms with E-state index in [0.29, 0.717) is 0 Å². The lowest BCUT2D eigenvalue weighted by atomic mass is 10.3. The van der Waals surface area contributed by atoms with Crippen LogP contribution in [0.5, 0.6) is 0 Å². The van der Waals surface area contributed by atoms with E-state index in [2.05, 4.69) is 29.4 Å². The van der Waals surface area contributed by atoms with Crippen molar-refractivity contribution in [2.75, 3.05) is 19.6 Å². The SMILES string of the molecule is CCCNCc1nc(CN(CCC)CC2CC2)cs1. The van der Waals surface area contributed by atoms with Crippen molar-refractivity contribution < 1.29 is 0 Å². The van der Waals surface area contributed by atoms with Crippen LogP contribution in [0.2, 0.25) is 0 Å². The number of rotatable bonds is 10. The van der Waals surface area contributed by atoms with Gasteiger partial charge in [-0.1, -0.05) is 13.8 Å². The molecular formula is C15H27N3S. The predicted molar refractivity (Wildman–Crippen MR) is 82.4 cm³/mol. The number of hydrogen-bond donors (Lipinski definition) is 1. The van der Waals surface area contributed by atoms with Gasteiger partial charge in [0.25, 0.3) is 0 Å². The standard InChI is InChI=1S/C15H27N3S/c1-3-7-16-9-15-17-14(12-19-15)11-18(8-4-2)10-13-5-6-13/h12-13,16H,3-11H2,1-2H3. The van der Waals surface area contributed by atoms with Crippen LogP contribution in [0.1, 0.15) is 50.2 Å². The molecule has 0 spiro atoms. The van der Waals surface area contributed by atoms with Gasteiger partial charge in [-0.05, 0) is 44.7 Å². The zero-order valence-corrected chi connectivity index (χ0v) is 13.1. The van der Waals surface area contributed by atoms with Crippen molar-refractivity contribution >= 4 is 11.3 Å². The van der Waals surface area contributed by atoms with Crippen molar-refractivity contribution in [1.82, 2.24) is 15.2 Å². The largest absolute Gasteiger partial charge is 0.310 e. The number of nitrogens with zero attached hydrogens (tertiary/aromatic N) is 2. The minimum absolute atomic E-state index is 0.926. The van der Waals surface area contributed by atoms with E-state index in [0.717, 1.165) is 25.6 Å². The van der Waals surface area contributed by atoms with Crippen molar-refractivity contribution in [1.29, 1.82) is 0 Å². The molecule has 0 bridgehead atoms. The number of aromatic nitrogens is 1. The highest BCUT2D eigenvalue weighted by Crippen LogP contribution is 2.30. The summed E-state index contributed by atoms with van der Waals surface area (Å²) in [4.78, 5) is 7.33. The first-order valence-electron chi connectivity index (χ1n) is 7.68. The summed E-state index contributed by atoms with van der Waals surface area (Å²) in [5, 5.41) is 6.88. The fraction of sp³-hybridized carbons (Fsp3) is 0.800. The van der Waals surface area contributed by atoms with Crippen LogP contribution in [-0.4, -0.2) is 29.5 Å². The molecule has 1 aromatic rings. The van der Waals surface area contributed by atoms with Crippen LogP contribution >= 0.6 is 11.3 Å². The topological polar surface area (TPSA) is 28.2 Å². The fourth-order valence-corrected chi connectivity index (χ4v) is 3.08. The van der Waals surface area contributed by atoms with Gasteiger partial charge in [-0.3, -0.25) is 4.90 Å². The first-order chi connectivity index (χ1) is 9.31. The predicted octanol–water partition coefficient (Wildman–Crippen LogP) is 3.26. The Bertz CT molecular complexity index is 360. The summed E-state index contributed by atoms with van der Waals surface area (Å²) >= 11 is 1.79. The van der Waals surface area contributed by atoms with Crippen molar-refractivity contribution in [3.05, 3.63) is 16.1 Å². The van der Waals surface area contributed by atoms with Gasteiger partial charge in [-0.25, -0.2) is 4.98 Å². The molecule has 0 amide bonds. The van der Waals surface area contributed by atoms with Crippen molar-refractivity contribution in [3.63, 3.8) is 0 Å². The second-order valence-electron chi connectivity index (χ2n) is 5.59. The summed E-state index contributed by atoms with van der Waals surface area (Å²) in [5.74, 6) is 0.968. The van der Waals surface area contributed by atoms with Crippen LogP contribution in [0.25, 0.3) is 0 Å². The van der Waals surface area contributed by atoms with Crippen molar-refractivity contribution in [2.45, 2.75) is 52.6 Å². The average molecular weight is 281 g/mol. The minimum atomic E-state index is 0.926. The Balaban J connectivity index is 1.78. The van der Waals surface area contributed by atoms with Crippen LogP contribution < -0.4 is 5.32 Å². The second kappa shape index (κ2) is 7.98. The van der Waals surface area contributed by atoms with Gasteiger partial charge in [0.05, 0.1) is 5.69 Å². The maximum absolute atomic E-state index is 4.75. The van der Waals surface area contributed by atoms with Gasteiger partial charge in [-0.2, -0.15) is 0 Å². The summed E-state index contributed by atoms with van der Waals surface area (Å²) in [6.07, 6.45) is 5.29. The van der Waals surface area contributed by atoms with E-state index in [1.807, 2.05) is 0 Å². The molecule has 1 saturated carbocycles. The number of hydrogen-bond acceptors (Lipinski definition) is 4. The van der Waals surface area contributed by atoms with Gasteiger partial charge in [0.15, 0.2) is 0 Å². The lowest BCUT2D eigenvalue weighted by molar-refractivity contribution is 0.252. The van der Waals surface area contributed by atoms with Crippen LogP contribution in [0.15, 0.2) is 5.38 Å².